The van der Waals surface area contributed by atoms with Gasteiger partial charge in [-0.05, 0) is 55.8 Å². The summed E-state index contributed by atoms with van der Waals surface area (Å²) >= 11 is 5.86. The van der Waals surface area contributed by atoms with E-state index >= 15 is 0 Å². The molecule has 0 heterocycles. The number of hydrogen-bond acceptors (Lipinski definition) is 2. The van der Waals surface area contributed by atoms with Crippen molar-refractivity contribution in [3.05, 3.63) is 71.5 Å². The van der Waals surface area contributed by atoms with E-state index in [1.54, 1.807) is 31.2 Å². The van der Waals surface area contributed by atoms with Gasteiger partial charge in [0.25, 0.3) is 0 Å². The SMILES string of the molecule is C=C(CCNC(=O)Nc1cccc(Cl)c1)[C@H](C)C(=O)Nc1ccc(F)cc1. The summed E-state index contributed by atoms with van der Waals surface area (Å²) in [5, 5.41) is 8.61. The number of carbonyl (C=O) groups excluding carboxylic acids is 2. The zero-order chi connectivity index (χ0) is 19.8. The van der Waals surface area contributed by atoms with Crippen LogP contribution in [0.5, 0.6) is 0 Å². The summed E-state index contributed by atoms with van der Waals surface area (Å²) in [6.07, 6.45) is 0.445. The molecule has 0 aliphatic rings. The average Bonchev–Trinajstić information content (AvgIpc) is 2.62. The van der Waals surface area contributed by atoms with Crippen LogP contribution in [0.15, 0.2) is 60.7 Å². The van der Waals surface area contributed by atoms with Crippen LogP contribution in [0.3, 0.4) is 0 Å². The fourth-order valence-corrected chi connectivity index (χ4v) is 2.45. The number of carbonyl (C=O) groups is 2. The van der Waals surface area contributed by atoms with Crippen LogP contribution in [-0.4, -0.2) is 18.5 Å². The summed E-state index contributed by atoms with van der Waals surface area (Å²) in [7, 11) is 0. The Labute approximate surface area is 162 Å². The van der Waals surface area contributed by atoms with Crippen LogP contribution >= 0.6 is 11.6 Å². The monoisotopic (exact) mass is 389 g/mol. The summed E-state index contributed by atoms with van der Waals surface area (Å²) < 4.78 is 12.9. The first kappa shape index (κ1) is 20.5. The van der Waals surface area contributed by atoms with Gasteiger partial charge in [-0.15, -0.1) is 0 Å². The van der Waals surface area contributed by atoms with Gasteiger partial charge in [0.1, 0.15) is 5.82 Å². The largest absolute Gasteiger partial charge is 0.338 e. The molecule has 1 atom stereocenters. The van der Waals surface area contributed by atoms with Crippen molar-refractivity contribution >= 4 is 34.9 Å². The van der Waals surface area contributed by atoms with Crippen LogP contribution in [0.25, 0.3) is 0 Å². The Bertz CT molecular complexity index is 824. The summed E-state index contributed by atoms with van der Waals surface area (Å²) in [4.78, 5) is 24.1. The molecule has 0 unspecified atom stereocenters. The van der Waals surface area contributed by atoms with Crippen LogP contribution in [0.2, 0.25) is 5.02 Å². The Kier molecular flexibility index (Phi) is 7.37. The molecule has 0 saturated carbocycles. The minimum atomic E-state index is -0.451. The van der Waals surface area contributed by atoms with Gasteiger partial charge in [-0.25, -0.2) is 9.18 Å². The predicted octanol–water partition coefficient (Wildman–Crippen LogP) is 4.82. The molecule has 0 fully saturated rings. The van der Waals surface area contributed by atoms with E-state index in [1.807, 2.05) is 0 Å². The summed E-state index contributed by atoms with van der Waals surface area (Å²) in [5.41, 5.74) is 1.78. The second kappa shape index (κ2) is 9.73. The Morgan fingerprint density at radius 3 is 2.48 bits per heavy atom. The summed E-state index contributed by atoms with van der Waals surface area (Å²) in [6, 6.07) is 12.0. The Balaban J connectivity index is 1.74. The molecule has 0 saturated heterocycles. The van der Waals surface area contributed by atoms with E-state index in [9.17, 15) is 14.0 Å². The summed E-state index contributed by atoms with van der Waals surface area (Å²) in [6.45, 7) is 5.98. The molecule has 0 aliphatic carbocycles. The lowest BCUT2D eigenvalue weighted by molar-refractivity contribution is -0.118. The number of halogens is 2. The maximum atomic E-state index is 12.9. The molecular weight excluding hydrogens is 369 g/mol. The molecule has 0 bridgehead atoms. The first-order valence-corrected chi connectivity index (χ1v) is 8.77. The molecule has 3 amide bonds. The van der Waals surface area contributed by atoms with Crippen molar-refractivity contribution < 1.29 is 14.0 Å². The van der Waals surface area contributed by atoms with E-state index in [0.717, 1.165) is 0 Å². The minimum absolute atomic E-state index is 0.241. The lowest BCUT2D eigenvalue weighted by atomic mass is 9.99. The molecule has 7 heteroatoms. The Morgan fingerprint density at radius 2 is 1.81 bits per heavy atom. The van der Waals surface area contributed by atoms with Gasteiger partial charge in [0.05, 0.1) is 5.92 Å². The molecule has 0 spiro atoms. The van der Waals surface area contributed by atoms with Gasteiger partial charge < -0.3 is 16.0 Å². The number of urea groups is 1. The second-order valence-electron chi connectivity index (χ2n) is 6.02. The van der Waals surface area contributed by atoms with Crippen molar-refractivity contribution in [1.82, 2.24) is 5.32 Å². The zero-order valence-electron chi connectivity index (χ0n) is 14.9. The average molecular weight is 390 g/mol. The van der Waals surface area contributed by atoms with Crippen LogP contribution in [0.1, 0.15) is 13.3 Å². The van der Waals surface area contributed by atoms with Crippen molar-refractivity contribution in [2.75, 3.05) is 17.2 Å². The van der Waals surface area contributed by atoms with Crippen LogP contribution < -0.4 is 16.0 Å². The Hall–Kier alpha value is -2.86. The number of amides is 3. The van der Waals surface area contributed by atoms with Crippen molar-refractivity contribution in [3.63, 3.8) is 0 Å². The third-order valence-electron chi connectivity index (χ3n) is 3.93. The van der Waals surface area contributed by atoms with E-state index in [1.165, 1.54) is 24.3 Å². The highest BCUT2D eigenvalue weighted by molar-refractivity contribution is 6.30. The number of nitrogens with one attached hydrogen (secondary N) is 3. The van der Waals surface area contributed by atoms with Crippen molar-refractivity contribution in [3.8, 4) is 0 Å². The molecule has 5 nitrogen and oxygen atoms in total. The summed E-state index contributed by atoms with van der Waals surface area (Å²) in [5.74, 6) is -1.06. The molecule has 27 heavy (non-hydrogen) atoms. The number of benzene rings is 2. The smallest absolute Gasteiger partial charge is 0.319 e. The van der Waals surface area contributed by atoms with Crippen molar-refractivity contribution in [2.45, 2.75) is 13.3 Å². The highest BCUT2D eigenvalue weighted by atomic mass is 35.5. The van der Waals surface area contributed by atoms with Crippen molar-refractivity contribution in [2.24, 2.45) is 5.92 Å². The van der Waals surface area contributed by atoms with E-state index < -0.39 is 5.92 Å². The minimum Gasteiger partial charge on any atom is -0.338 e. The molecular formula is C20H21ClFN3O2. The molecule has 2 rings (SSSR count). The molecule has 0 aromatic heterocycles. The third-order valence-corrected chi connectivity index (χ3v) is 4.17. The highest BCUT2D eigenvalue weighted by Crippen LogP contribution is 2.17. The third kappa shape index (κ3) is 6.75. The van der Waals surface area contributed by atoms with Crippen LogP contribution in [-0.2, 0) is 4.79 Å². The van der Waals surface area contributed by atoms with E-state index in [0.29, 0.717) is 34.9 Å². The molecule has 2 aromatic carbocycles. The van der Waals surface area contributed by atoms with Gasteiger partial charge in [0.15, 0.2) is 0 Å². The van der Waals surface area contributed by atoms with Gasteiger partial charge in [-0.1, -0.05) is 29.8 Å². The maximum Gasteiger partial charge on any atom is 0.319 e. The maximum absolute atomic E-state index is 12.9. The number of anilines is 2. The van der Waals surface area contributed by atoms with Crippen molar-refractivity contribution in [1.29, 1.82) is 0 Å². The number of rotatable bonds is 7. The first-order valence-electron chi connectivity index (χ1n) is 8.39. The lowest BCUT2D eigenvalue weighted by Crippen LogP contribution is -2.30. The topological polar surface area (TPSA) is 70.2 Å². The fraction of sp³-hybridized carbons (Fsp3) is 0.200. The van der Waals surface area contributed by atoms with Crippen LogP contribution in [0, 0.1) is 11.7 Å². The second-order valence-corrected chi connectivity index (χ2v) is 6.45. The normalized spacial score (nSPS) is 11.4. The standard InChI is InChI=1S/C20H21ClFN3O2/c1-13(14(2)19(26)24-17-8-6-16(22)7-9-17)10-11-23-20(27)25-18-5-3-4-15(21)12-18/h3-9,12,14H,1,10-11H2,2H3,(H,24,26)(H2,23,25,27)/t14-/m0/s1. The highest BCUT2D eigenvalue weighted by Gasteiger charge is 2.16. The van der Waals surface area contributed by atoms with Gasteiger partial charge in [0, 0.05) is 22.9 Å². The molecule has 3 N–H and O–H groups in total. The van der Waals surface area contributed by atoms with Crippen LogP contribution in [0.4, 0.5) is 20.6 Å². The van der Waals surface area contributed by atoms with E-state index in [4.69, 9.17) is 11.6 Å². The Morgan fingerprint density at radius 1 is 1.11 bits per heavy atom. The predicted molar refractivity (Wildman–Crippen MR) is 106 cm³/mol. The van der Waals surface area contributed by atoms with Gasteiger partial charge in [-0.3, -0.25) is 4.79 Å². The van der Waals surface area contributed by atoms with Gasteiger partial charge >= 0.3 is 6.03 Å². The first-order chi connectivity index (χ1) is 12.8. The molecule has 0 aliphatic heterocycles. The molecule has 0 radical (unpaired) electrons. The van der Waals surface area contributed by atoms with Gasteiger partial charge in [0.2, 0.25) is 5.91 Å². The molecule has 2 aromatic rings. The van der Waals surface area contributed by atoms with Gasteiger partial charge in [-0.2, -0.15) is 0 Å². The number of hydrogen-bond donors (Lipinski definition) is 3. The van der Waals surface area contributed by atoms with E-state index in [-0.39, 0.29) is 17.8 Å². The molecule has 142 valence electrons. The zero-order valence-corrected chi connectivity index (χ0v) is 15.6. The lowest BCUT2D eigenvalue weighted by Gasteiger charge is -2.15. The fourth-order valence-electron chi connectivity index (χ4n) is 2.26. The quantitative estimate of drug-likeness (QED) is 0.594. The van der Waals surface area contributed by atoms with E-state index in [2.05, 4.69) is 22.5 Å².